The standard InChI is InChI=1S/C12H18F2N2O/c1-3-11(17-4-2)12(16-15)8-5-6-9(13)10(14)7-8/h5-7,11-12,16H,3-4,15H2,1-2H3. The fraction of sp³-hybridized carbons (Fsp3) is 0.500. The Kier molecular flexibility index (Phi) is 5.47. The van der Waals surface area contributed by atoms with Crippen LogP contribution in [0.2, 0.25) is 0 Å². The van der Waals surface area contributed by atoms with Crippen LogP contribution in [0.1, 0.15) is 31.9 Å². The van der Waals surface area contributed by atoms with Crippen molar-refractivity contribution in [2.45, 2.75) is 32.4 Å². The van der Waals surface area contributed by atoms with E-state index in [1.165, 1.54) is 6.07 Å². The summed E-state index contributed by atoms with van der Waals surface area (Å²) in [5.74, 6) is 3.71. The first-order chi connectivity index (χ1) is 8.13. The molecule has 0 bridgehead atoms. The Morgan fingerprint density at radius 3 is 2.47 bits per heavy atom. The Morgan fingerprint density at radius 2 is 2.00 bits per heavy atom. The van der Waals surface area contributed by atoms with E-state index in [0.717, 1.165) is 18.6 Å². The molecule has 0 saturated heterocycles. The van der Waals surface area contributed by atoms with Gasteiger partial charge in [0.25, 0.3) is 0 Å². The quantitative estimate of drug-likeness (QED) is 0.596. The second-order valence-electron chi connectivity index (χ2n) is 3.72. The van der Waals surface area contributed by atoms with Crippen LogP contribution in [0.4, 0.5) is 8.78 Å². The van der Waals surface area contributed by atoms with Gasteiger partial charge in [-0.25, -0.2) is 8.78 Å². The highest BCUT2D eigenvalue weighted by Gasteiger charge is 2.21. The van der Waals surface area contributed by atoms with Gasteiger partial charge in [-0.05, 0) is 31.0 Å². The van der Waals surface area contributed by atoms with Crippen molar-refractivity contribution in [3.05, 3.63) is 35.4 Å². The number of halogens is 2. The van der Waals surface area contributed by atoms with E-state index in [2.05, 4.69) is 5.43 Å². The van der Waals surface area contributed by atoms with Gasteiger partial charge in [0.2, 0.25) is 0 Å². The van der Waals surface area contributed by atoms with Crippen molar-refractivity contribution in [2.24, 2.45) is 5.84 Å². The fourth-order valence-electron chi connectivity index (χ4n) is 1.79. The largest absolute Gasteiger partial charge is 0.376 e. The first kappa shape index (κ1) is 14.0. The van der Waals surface area contributed by atoms with Gasteiger partial charge in [0, 0.05) is 6.61 Å². The summed E-state index contributed by atoms with van der Waals surface area (Å²) in [6.45, 7) is 4.37. The van der Waals surface area contributed by atoms with Gasteiger partial charge in [0.05, 0.1) is 12.1 Å². The van der Waals surface area contributed by atoms with Crippen LogP contribution in [-0.2, 0) is 4.74 Å². The summed E-state index contributed by atoms with van der Waals surface area (Å²) in [7, 11) is 0. The lowest BCUT2D eigenvalue weighted by Gasteiger charge is -2.25. The molecule has 0 spiro atoms. The first-order valence-corrected chi connectivity index (χ1v) is 5.66. The molecule has 0 amide bonds. The summed E-state index contributed by atoms with van der Waals surface area (Å²) < 4.78 is 31.5. The van der Waals surface area contributed by atoms with Crippen molar-refractivity contribution < 1.29 is 13.5 Å². The average molecular weight is 244 g/mol. The molecule has 3 N–H and O–H groups in total. The molecule has 0 aliphatic carbocycles. The molecule has 1 aromatic carbocycles. The summed E-state index contributed by atoms with van der Waals surface area (Å²) in [5, 5.41) is 0. The predicted molar refractivity (Wildman–Crippen MR) is 62.1 cm³/mol. The number of hydrogen-bond donors (Lipinski definition) is 2. The summed E-state index contributed by atoms with van der Waals surface area (Å²) in [6, 6.07) is 3.38. The van der Waals surface area contributed by atoms with Crippen molar-refractivity contribution in [3.63, 3.8) is 0 Å². The molecule has 0 heterocycles. The molecule has 2 atom stereocenters. The van der Waals surface area contributed by atoms with Crippen LogP contribution in [0.3, 0.4) is 0 Å². The minimum Gasteiger partial charge on any atom is -0.376 e. The third-order valence-electron chi connectivity index (χ3n) is 2.64. The van der Waals surface area contributed by atoms with E-state index in [-0.39, 0.29) is 12.1 Å². The number of rotatable bonds is 6. The third kappa shape index (κ3) is 3.46. The van der Waals surface area contributed by atoms with E-state index in [1.54, 1.807) is 0 Å². The zero-order valence-electron chi connectivity index (χ0n) is 10.0. The van der Waals surface area contributed by atoms with Gasteiger partial charge in [-0.1, -0.05) is 13.0 Å². The summed E-state index contributed by atoms with van der Waals surface area (Å²) >= 11 is 0. The van der Waals surface area contributed by atoms with E-state index in [1.807, 2.05) is 13.8 Å². The number of hydrogen-bond acceptors (Lipinski definition) is 3. The van der Waals surface area contributed by atoms with Crippen LogP contribution in [-0.4, -0.2) is 12.7 Å². The molecule has 0 saturated carbocycles. The van der Waals surface area contributed by atoms with Crippen LogP contribution >= 0.6 is 0 Å². The van der Waals surface area contributed by atoms with Gasteiger partial charge in [0.15, 0.2) is 11.6 Å². The van der Waals surface area contributed by atoms with Crippen LogP contribution < -0.4 is 11.3 Å². The highest BCUT2D eigenvalue weighted by atomic mass is 19.2. The maximum Gasteiger partial charge on any atom is 0.159 e. The number of benzene rings is 1. The molecule has 1 rings (SSSR count). The fourth-order valence-corrected chi connectivity index (χ4v) is 1.79. The van der Waals surface area contributed by atoms with Crippen LogP contribution in [0.15, 0.2) is 18.2 Å². The highest BCUT2D eigenvalue weighted by molar-refractivity contribution is 5.22. The van der Waals surface area contributed by atoms with Crippen molar-refractivity contribution >= 4 is 0 Å². The second kappa shape index (κ2) is 6.64. The Morgan fingerprint density at radius 1 is 1.29 bits per heavy atom. The lowest BCUT2D eigenvalue weighted by Crippen LogP contribution is -2.37. The molecule has 3 nitrogen and oxygen atoms in total. The van der Waals surface area contributed by atoms with Gasteiger partial charge in [0.1, 0.15) is 0 Å². The van der Waals surface area contributed by atoms with Crippen molar-refractivity contribution in [1.29, 1.82) is 0 Å². The molecule has 0 aliphatic rings. The molecule has 2 unspecified atom stereocenters. The Balaban J connectivity index is 2.95. The van der Waals surface area contributed by atoms with Crippen LogP contribution in [0, 0.1) is 11.6 Å². The van der Waals surface area contributed by atoms with Gasteiger partial charge in [-0.2, -0.15) is 0 Å². The van der Waals surface area contributed by atoms with Crippen LogP contribution in [0.5, 0.6) is 0 Å². The maximum absolute atomic E-state index is 13.1. The number of ether oxygens (including phenoxy) is 1. The summed E-state index contributed by atoms with van der Waals surface area (Å²) in [6.07, 6.45) is 0.552. The van der Waals surface area contributed by atoms with E-state index in [0.29, 0.717) is 12.2 Å². The molecular weight excluding hydrogens is 226 g/mol. The van der Waals surface area contributed by atoms with Crippen molar-refractivity contribution in [2.75, 3.05) is 6.61 Å². The van der Waals surface area contributed by atoms with E-state index >= 15 is 0 Å². The van der Waals surface area contributed by atoms with Gasteiger partial charge < -0.3 is 4.74 Å². The topological polar surface area (TPSA) is 47.3 Å². The van der Waals surface area contributed by atoms with Crippen molar-refractivity contribution in [1.82, 2.24) is 5.43 Å². The lowest BCUT2D eigenvalue weighted by atomic mass is 10.00. The molecule has 0 fully saturated rings. The number of nitrogens with one attached hydrogen (secondary N) is 1. The monoisotopic (exact) mass is 244 g/mol. The zero-order chi connectivity index (χ0) is 12.8. The average Bonchev–Trinajstić information content (AvgIpc) is 2.33. The molecule has 96 valence electrons. The Bertz CT molecular complexity index is 360. The maximum atomic E-state index is 13.1. The first-order valence-electron chi connectivity index (χ1n) is 5.66. The minimum atomic E-state index is -0.880. The van der Waals surface area contributed by atoms with E-state index in [9.17, 15) is 8.78 Å². The predicted octanol–water partition coefficient (Wildman–Crippen LogP) is 2.28. The number of hydrazine groups is 1. The molecular formula is C12H18F2N2O. The molecule has 0 aromatic heterocycles. The summed E-state index contributed by atoms with van der Waals surface area (Å²) in [5.41, 5.74) is 3.16. The third-order valence-corrected chi connectivity index (χ3v) is 2.64. The van der Waals surface area contributed by atoms with Crippen LogP contribution in [0.25, 0.3) is 0 Å². The molecule has 0 radical (unpaired) electrons. The lowest BCUT2D eigenvalue weighted by molar-refractivity contribution is 0.0313. The Labute approximate surface area is 99.9 Å². The normalized spacial score (nSPS) is 14.6. The van der Waals surface area contributed by atoms with E-state index in [4.69, 9.17) is 10.6 Å². The zero-order valence-corrected chi connectivity index (χ0v) is 10.0. The van der Waals surface area contributed by atoms with Gasteiger partial charge in [-0.15, -0.1) is 0 Å². The SMILES string of the molecule is CCOC(CC)C(NN)c1ccc(F)c(F)c1. The van der Waals surface area contributed by atoms with Gasteiger partial charge >= 0.3 is 0 Å². The molecule has 0 aliphatic heterocycles. The van der Waals surface area contributed by atoms with E-state index < -0.39 is 11.6 Å². The molecule has 17 heavy (non-hydrogen) atoms. The second-order valence-corrected chi connectivity index (χ2v) is 3.72. The Hall–Kier alpha value is -1.04. The van der Waals surface area contributed by atoms with Gasteiger partial charge in [-0.3, -0.25) is 11.3 Å². The molecule has 1 aromatic rings. The van der Waals surface area contributed by atoms with Crippen molar-refractivity contribution in [3.8, 4) is 0 Å². The minimum absolute atomic E-state index is 0.171. The summed E-state index contributed by atoms with van der Waals surface area (Å²) in [4.78, 5) is 0. The highest BCUT2D eigenvalue weighted by Crippen LogP contribution is 2.22. The smallest absolute Gasteiger partial charge is 0.159 e. The number of nitrogens with two attached hydrogens (primary N) is 1. The molecule has 5 heteroatoms.